The molecule has 0 saturated carbocycles. The van der Waals surface area contributed by atoms with Crippen molar-refractivity contribution >= 4 is 28.0 Å². The molecule has 0 spiro atoms. The molecular formula is C15H11N5. The van der Waals surface area contributed by atoms with Crippen LogP contribution in [-0.4, -0.2) is 10.2 Å². The van der Waals surface area contributed by atoms with Gasteiger partial charge in [0.05, 0.1) is 11.2 Å². The number of hydrogen-bond acceptors (Lipinski definition) is 5. The van der Waals surface area contributed by atoms with Crippen LogP contribution in [0.5, 0.6) is 0 Å². The number of nitriles is 1. The molecule has 0 bridgehead atoms. The van der Waals surface area contributed by atoms with E-state index in [-0.39, 0.29) is 5.69 Å². The average Bonchev–Trinajstić information content (AvgIpc) is 2.48. The van der Waals surface area contributed by atoms with Gasteiger partial charge >= 0.3 is 0 Å². The van der Waals surface area contributed by atoms with Crippen LogP contribution < -0.4 is 11.1 Å². The molecule has 5 heteroatoms. The number of aromatic nitrogens is 2. The van der Waals surface area contributed by atoms with Crippen molar-refractivity contribution in [3.8, 4) is 6.07 Å². The van der Waals surface area contributed by atoms with Gasteiger partial charge in [-0.2, -0.15) is 5.26 Å². The highest BCUT2D eigenvalue weighted by Gasteiger charge is 2.10. The molecule has 1 heterocycles. The number of benzene rings is 2. The molecular weight excluding hydrogens is 250 g/mol. The highest BCUT2D eigenvalue weighted by Crippen LogP contribution is 2.27. The lowest BCUT2D eigenvalue weighted by Crippen LogP contribution is -2.00. The number of hydrogen-bond donors (Lipinski definition) is 2. The van der Waals surface area contributed by atoms with Crippen molar-refractivity contribution in [1.29, 1.82) is 5.26 Å². The van der Waals surface area contributed by atoms with Crippen LogP contribution in [-0.2, 0) is 0 Å². The van der Waals surface area contributed by atoms with E-state index >= 15 is 0 Å². The van der Waals surface area contributed by atoms with Crippen LogP contribution in [0.1, 0.15) is 5.69 Å². The summed E-state index contributed by atoms with van der Waals surface area (Å²) < 4.78 is 0. The molecule has 3 N–H and O–H groups in total. The van der Waals surface area contributed by atoms with Crippen LogP contribution >= 0.6 is 0 Å². The molecule has 20 heavy (non-hydrogen) atoms. The average molecular weight is 261 g/mol. The number of nitrogens with two attached hydrogens (primary N) is 1. The number of nitrogens with zero attached hydrogens (tertiary/aromatic N) is 3. The Bertz CT molecular complexity index is 820. The van der Waals surface area contributed by atoms with Crippen molar-refractivity contribution in [3.63, 3.8) is 0 Å². The lowest BCUT2D eigenvalue weighted by atomic mass is 10.1. The molecule has 0 unspecified atom stereocenters. The van der Waals surface area contributed by atoms with Crippen LogP contribution in [0.3, 0.4) is 0 Å². The second-order valence-electron chi connectivity index (χ2n) is 4.30. The lowest BCUT2D eigenvalue weighted by Gasteiger charge is -2.10. The van der Waals surface area contributed by atoms with Crippen molar-refractivity contribution in [2.75, 3.05) is 11.1 Å². The highest BCUT2D eigenvalue weighted by molar-refractivity contribution is 5.94. The molecule has 0 atom stereocenters. The van der Waals surface area contributed by atoms with E-state index in [2.05, 4.69) is 21.6 Å². The quantitative estimate of drug-likeness (QED) is 0.692. The van der Waals surface area contributed by atoms with Gasteiger partial charge < -0.3 is 11.1 Å². The zero-order valence-corrected chi connectivity index (χ0v) is 10.5. The fraction of sp³-hybridized carbons (Fsp3) is 0. The maximum atomic E-state index is 9.19. The molecule has 0 aliphatic heterocycles. The van der Waals surface area contributed by atoms with E-state index in [1.165, 1.54) is 0 Å². The van der Waals surface area contributed by atoms with Gasteiger partial charge in [-0.3, -0.25) is 0 Å². The zero-order valence-electron chi connectivity index (χ0n) is 10.5. The molecule has 0 radical (unpaired) electrons. The summed E-state index contributed by atoms with van der Waals surface area (Å²) >= 11 is 0. The van der Waals surface area contributed by atoms with Gasteiger partial charge in [0.1, 0.15) is 6.07 Å². The summed E-state index contributed by atoms with van der Waals surface area (Å²) in [4.78, 5) is 0. The minimum absolute atomic E-state index is 0.256. The van der Waals surface area contributed by atoms with Gasteiger partial charge in [0.2, 0.25) is 0 Å². The number of anilines is 3. The van der Waals surface area contributed by atoms with Crippen molar-refractivity contribution in [2.45, 2.75) is 0 Å². The SMILES string of the molecule is N#Cc1nnc2ccccc2c1Nc1cccc(N)c1. The summed E-state index contributed by atoms with van der Waals surface area (Å²) in [6, 6.07) is 16.9. The van der Waals surface area contributed by atoms with Gasteiger partial charge in [0.15, 0.2) is 5.69 Å². The van der Waals surface area contributed by atoms with Crippen molar-refractivity contribution in [2.24, 2.45) is 0 Å². The summed E-state index contributed by atoms with van der Waals surface area (Å²) in [6.07, 6.45) is 0. The normalized spacial score (nSPS) is 10.2. The summed E-state index contributed by atoms with van der Waals surface area (Å²) in [6.45, 7) is 0. The minimum Gasteiger partial charge on any atom is -0.399 e. The first-order valence-corrected chi connectivity index (χ1v) is 6.06. The number of rotatable bonds is 2. The molecule has 5 nitrogen and oxygen atoms in total. The first-order chi connectivity index (χ1) is 9.78. The molecule has 96 valence electrons. The third-order valence-corrected chi connectivity index (χ3v) is 2.93. The molecule has 2 aromatic carbocycles. The Kier molecular flexibility index (Phi) is 2.90. The van der Waals surface area contributed by atoms with E-state index in [9.17, 15) is 5.26 Å². The van der Waals surface area contributed by atoms with Crippen molar-refractivity contribution < 1.29 is 0 Å². The Morgan fingerprint density at radius 1 is 1.05 bits per heavy atom. The van der Waals surface area contributed by atoms with Gasteiger partial charge in [-0.15, -0.1) is 10.2 Å². The largest absolute Gasteiger partial charge is 0.399 e. The van der Waals surface area contributed by atoms with Gasteiger partial charge in [0, 0.05) is 16.8 Å². The van der Waals surface area contributed by atoms with E-state index in [0.29, 0.717) is 11.4 Å². The predicted octanol–water partition coefficient (Wildman–Crippen LogP) is 2.83. The fourth-order valence-electron chi connectivity index (χ4n) is 2.02. The molecule has 0 amide bonds. The molecule has 3 aromatic rings. The van der Waals surface area contributed by atoms with Crippen LogP contribution in [0.2, 0.25) is 0 Å². The van der Waals surface area contributed by atoms with Crippen LogP contribution in [0.4, 0.5) is 17.1 Å². The third kappa shape index (κ3) is 2.10. The first-order valence-electron chi connectivity index (χ1n) is 6.06. The summed E-state index contributed by atoms with van der Waals surface area (Å²) in [7, 11) is 0. The number of nitrogens with one attached hydrogen (secondary N) is 1. The fourth-order valence-corrected chi connectivity index (χ4v) is 2.02. The number of fused-ring (bicyclic) bond motifs is 1. The highest BCUT2D eigenvalue weighted by atomic mass is 15.1. The Morgan fingerprint density at radius 2 is 1.90 bits per heavy atom. The molecule has 0 aliphatic carbocycles. The molecule has 0 fully saturated rings. The second-order valence-corrected chi connectivity index (χ2v) is 4.30. The maximum absolute atomic E-state index is 9.19. The predicted molar refractivity (Wildman–Crippen MR) is 78.4 cm³/mol. The van der Waals surface area contributed by atoms with Crippen LogP contribution in [0.25, 0.3) is 10.9 Å². The van der Waals surface area contributed by atoms with Gasteiger partial charge in [-0.25, -0.2) is 0 Å². The lowest BCUT2D eigenvalue weighted by molar-refractivity contribution is 1.05. The van der Waals surface area contributed by atoms with Crippen molar-refractivity contribution in [3.05, 3.63) is 54.2 Å². The second kappa shape index (κ2) is 4.86. The van der Waals surface area contributed by atoms with E-state index in [1.54, 1.807) is 12.1 Å². The van der Waals surface area contributed by atoms with Gasteiger partial charge in [-0.1, -0.05) is 24.3 Å². The first kappa shape index (κ1) is 11.9. The monoisotopic (exact) mass is 261 g/mol. The Balaban J connectivity index is 2.17. The topological polar surface area (TPSA) is 87.6 Å². The van der Waals surface area contributed by atoms with E-state index in [1.807, 2.05) is 36.4 Å². The Morgan fingerprint density at radius 3 is 2.70 bits per heavy atom. The Hall–Kier alpha value is -3.13. The smallest absolute Gasteiger partial charge is 0.187 e. The number of nitrogen functional groups attached to an aromatic ring is 1. The van der Waals surface area contributed by atoms with Crippen LogP contribution in [0.15, 0.2) is 48.5 Å². The summed E-state index contributed by atoms with van der Waals surface area (Å²) in [5, 5.41) is 21.2. The van der Waals surface area contributed by atoms with Crippen LogP contribution in [0, 0.1) is 11.3 Å². The summed E-state index contributed by atoms with van der Waals surface area (Å²) in [5.41, 5.74) is 8.85. The summed E-state index contributed by atoms with van der Waals surface area (Å²) in [5.74, 6) is 0. The molecule has 1 aromatic heterocycles. The van der Waals surface area contributed by atoms with Gasteiger partial charge in [0.25, 0.3) is 0 Å². The standard InChI is InChI=1S/C15H11N5/c16-9-14-15(18-11-5-3-4-10(17)8-11)12-6-1-2-7-13(12)19-20-14/h1-8H,17H2,(H,18,19). The third-order valence-electron chi connectivity index (χ3n) is 2.93. The van der Waals surface area contributed by atoms with Crippen molar-refractivity contribution in [1.82, 2.24) is 10.2 Å². The molecule has 0 aliphatic rings. The van der Waals surface area contributed by atoms with Gasteiger partial charge in [-0.05, 0) is 24.3 Å². The molecule has 3 rings (SSSR count). The minimum atomic E-state index is 0.256. The Labute approximate surface area is 115 Å². The van der Waals surface area contributed by atoms with E-state index < -0.39 is 0 Å². The molecule has 0 saturated heterocycles. The maximum Gasteiger partial charge on any atom is 0.187 e. The zero-order chi connectivity index (χ0) is 13.9. The van der Waals surface area contributed by atoms with E-state index in [4.69, 9.17) is 5.73 Å². The van der Waals surface area contributed by atoms with E-state index in [0.717, 1.165) is 16.6 Å².